The molecule has 0 radical (unpaired) electrons. The number of halogens is 1. The quantitative estimate of drug-likeness (QED) is 0.455. The number of nitrogens with zero attached hydrogens (tertiary/aromatic N) is 2. The SMILES string of the molecule is COc1ccc2ncc(CF)c([C@@H](O)CCC3(CO)CCN(CC#Cc4cccs4)CC3)c2c1. The lowest BCUT2D eigenvalue weighted by atomic mass is 9.74. The highest BCUT2D eigenvalue weighted by atomic mass is 32.1. The van der Waals surface area contributed by atoms with E-state index in [9.17, 15) is 14.6 Å². The third-order valence-electron chi connectivity index (χ3n) is 6.91. The van der Waals surface area contributed by atoms with Gasteiger partial charge in [-0.15, -0.1) is 11.3 Å². The van der Waals surface area contributed by atoms with E-state index in [2.05, 4.69) is 21.7 Å². The van der Waals surface area contributed by atoms with Gasteiger partial charge in [0.05, 0.1) is 30.2 Å². The summed E-state index contributed by atoms with van der Waals surface area (Å²) in [5.74, 6) is 7.08. The molecule has 34 heavy (non-hydrogen) atoms. The van der Waals surface area contributed by atoms with Crippen molar-refractivity contribution >= 4 is 22.2 Å². The van der Waals surface area contributed by atoms with Crippen LogP contribution in [0.2, 0.25) is 0 Å². The van der Waals surface area contributed by atoms with Crippen LogP contribution in [-0.4, -0.2) is 53.4 Å². The summed E-state index contributed by atoms with van der Waals surface area (Å²) in [5.41, 5.74) is 1.42. The summed E-state index contributed by atoms with van der Waals surface area (Å²) in [5, 5.41) is 24.1. The highest BCUT2D eigenvalue weighted by Gasteiger charge is 2.34. The van der Waals surface area contributed by atoms with Gasteiger partial charge >= 0.3 is 0 Å². The van der Waals surface area contributed by atoms with E-state index in [0.29, 0.717) is 47.2 Å². The molecule has 1 aliphatic heterocycles. The van der Waals surface area contributed by atoms with Crippen LogP contribution in [0.15, 0.2) is 41.9 Å². The van der Waals surface area contributed by atoms with Gasteiger partial charge in [-0.2, -0.15) is 0 Å². The summed E-state index contributed by atoms with van der Waals surface area (Å²) in [6.45, 7) is 1.82. The second-order valence-corrected chi connectivity index (χ2v) is 9.93. The van der Waals surface area contributed by atoms with Crippen molar-refractivity contribution in [1.82, 2.24) is 9.88 Å². The van der Waals surface area contributed by atoms with Crippen LogP contribution in [0, 0.1) is 17.3 Å². The zero-order chi connectivity index (χ0) is 24.0. The van der Waals surface area contributed by atoms with Crippen LogP contribution in [-0.2, 0) is 6.67 Å². The maximum absolute atomic E-state index is 13.8. The molecule has 2 N–H and O–H groups in total. The maximum atomic E-state index is 13.8. The molecule has 0 aliphatic carbocycles. The standard InChI is InChI=1S/C27H31FN2O3S/c1-33-21-6-7-24-23(16-21)26(20(17-28)18-29-24)25(32)8-9-27(19-31)10-13-30(14-11-27)12-2-4-22-5-3-15-34-22/h3,5-7,15-16,18,25,31-32H,8-14,17,19H2,1H3/t25-/m0/s1. The van der Waals surface area contributed by atoms with Crippen molar-refractivity contribution in [3.8, 4) is 17.6 Å². The smallest absolute Gasteiger partial charge is 0.119 e. The molecule has 3 heterocycles. The third-order valence-corrected chi connectivity index (χ3v) is 7.70. The fourth-order valence-corrected chi connectivity index (χ4v) is 5.30. The molecule has 4 rings (SSSR count). The zero-order valence-corrected chi connectivity index (χ0v) is 20.3. The molecule has 0 amide bonds. The predicted octanol–water partition coefficient (Wildman–Crippen LogP) is 4.71. The number of aliphatic hydroxyl groups is 2. The molecule has 1 aliphatic rings. The van der Waals surface area contributed by atoms with Crippen molar-refractivity contribution in [2.24, 2.45) is 5.41 Å². The average molecular weight is 483 g/mol. The molecule has 1 aromatic carbocycles. The summed E-state index contributed by atoms with van der Waals surface area (Å²) in [6.07, 6.45) is 3.46. The van der Waals surface area contributed by atoms with Gasteiger partial charge in [0.25, 0.3) is 0 Å². The Hall–Kier alpha value is -2.50. The molecule has 5 nitrogen and oxygen atoms in total. The Labute approximate surface area is 204 Å². The van der Waals surface area contributed by atoms with Crippen molar-refractivity contribution in [2.75, 3.05) is 33.4 Å². The van der Waals surface area contributed by atoms with Gasteiger partial charge in [-0.05, 0) is 79.4 Å². The number of piperidine rings is 1. The Morgan fingerprint density at radius 1 is 1.29 bits per heavy atom. The molecule has 0 spiro atoms. The van der Waals surface area contributed by atoms with Gasteiger partial charge < -0.3 is 14.9 Å². The fourth-order valence-electron chi connectivity index (χ4n) is 4.71. The normalized spacial score (nSPS) is 16.7. The van der Waals surface area contributed by atoms with E-state index in [1.165, 1.54) is 6.20 Å². The zero-order valence-electron chi connectivity index (χ0n) is 19.5. The predicted molar refractivity (Wildman–Crippen MR) is 134 cm³/mol. The molecule has 7 heteroatoms. The molecular formula is C27H31FN2O3S. The van der Waals surface area contributed by atoms with Gasteiger partial charge in [0.1, 0.15) is 12.4 Å². The van der Waals surface area contributed by atoms with Gasteiger partial charge in [-0.1, -0.05) is 17.9 Å². The number of hydrogen-bond donors (Lipinski definition) is 2. The van der Waals surface area contributed by atoms with Crippen LogP contribution in [0.4, 0.5) is 4.39 Å². The van der Waals surface area contributed by atoms with Crippen LogP contribution < -0.4 is 4.74 Å². The average Bonchev–Trinajstić information content (AvgIpc) is 3.40. The van der Waals surface area contributed by atoms with Crippen LogP contribution in [0.25, 0.3) is 10.9 Å². The molecule has 3 aromatic rings. The monoisotopic (exact) mass is 482 g/mol. The summed E-state index contributed by atoms with van der Waals surface area (Å²) < 4.78 is 19.1. The van der Waals surface area contributed by atoms with E-state index in [-0.39, 0.29) is 12.0 Å². The number of rotatable bonds is 8. The molecule has 0 unspecified atom stereocenters. The number of aliphatic hydroxyl groups excluding tert-OH is 2. The summed E-state index contributed by atoms with van der Waals surface area (Å²) in [4.78, 5) is 7.72. The van der Waals surface area contributed by atoms with E-state index in [1.807, 2.05) is 23.6 Å². The highest BCUT2D eigenvalue weighted by Crippen LogP contribution is 2.39. The number of pyridine rings is 1. The number of thiophene rings is 1. The maximum Gasteiger partial charge on any atom is 0.119 e. The Balaban J connectivity index is 1.42. The number of likely N-dealkylation sites (tertiary alicyclic amines) is 1. The fraction of sp³-hybridized carbons (Fsp3) is 0.444. The van der Waals surface area contributed by atoms with Gasteiger partial charge in [-0.25, -0.2) is 4.39 Å². The van der Waals surface area contributed by atoms with Crippen LogP contribution in [0.5, 0.6) is 5.75 Å². The van der Waals surface area contributed by atoms with Crippen molar-refractivity contribution in [1.29, 1.82) is 0 Å². The van der Waals surface area contributed by atoms with E-state index in [0.717, 1.165) is 30.8 Å². The minimum Gasteiger partial charge on any atom is -0.497 e. The van der Waals surface area contributed by atoms with Gasteiger partial charge in [-0.3, -0.25) is 9.88 Å². The summed E-state index contributed by atoms with van der Waals surface area (Å²) >= 11 is 1.64. The molecule has 1 fully saturated rings. The first-order valence-corrected chi connectivity index (χ1v) is 12.5. The Bertz CT molecular complexity index is 1140. The number of ether oxygens (including phenoxy) is 1. The number of hydrogen-bond acceptors (Lipinski definition) is 6. The van der Waals surface area contributed by atoms with E-state index in [4.69, 9.17) is 4.74 Å². The second kappa shape index (κ2) is 11.3. The lowest BCUT2D eigenvalue weighted by molar-refractivity contribution is 0.0272. The minimum absolute atomic E-state index is 0.0787. The second-order valence-electron chi connectivity index (χ2n) is 8.98. The molecule has 180 valence electrons. The van der Waals surface area contributed by atoms with E-state index in [1.54, 1.807) is 30.6 Å². The summed E-state index contributed by atoms with van der Waals surface area (Å²) in [7, 11) is 1.58. The largest absolute Gasteiger partial charge is 0.497 e. The minimum atomic E-state index is -0.846. The van der Waals surface area contributed by atoms with Gasteiger partial charge in [0.15, 0.2) is 0 Å². The third kappa shape index (κ3) is 5.59. The highest BCUT2D eigenvalue weighted by molar-refractivity contribution is 7.10. The van der Waals surface area contributed by atoms with E-state index >= 15 is 0 Å². The Morgan fingerprint density at radius 2 is 2.12 bits per heavy atom. The van der Waals surface area contributed by atoms with Crippen molar-refractivity contribution in [2.45, 2.75) is 38.5 Å². The van der Waals surface area contributed by atoms with Gasteiger partial charge in [0, 0.05) is 23.8 Å². The lowest BCUT2D eigenvalue weighted by Gasteiger charge is -2.40. The number of alkyl halides is 1. The lowest BCUT2D eigenvalue weighted by Crippen LogP contribution is -2.42. The van der Waals surface area contributed by atoms with Gasteiger partial charge in [0.2, 0.25) is 0 Å². The first-order chi connectivity index (χ1) is 16.6. The molecule has 1 saturated heterocycles. The Kier molecular flexibility index (Phi) is 8.17. The number of aromatic nitrogens is 1. The van der Waals surface area contributed by atoms with Crippen molar-refractivity contribution in [3.05, 3.63) is 57.9 Å². The van der Waals surface area contributed by atoms with Crippen LogP contribution >= 0.6 is 11.3 Å². The number of methoxy groups -OCH3 is 1. The van der Waals surface area contributed by atoms with Crippen LogP contribution in [0.1, 0.15) is 47.8 Å². The number of benzene rings is 1. The first-order valence-electron chi connectivity index (χ1n) is 11.6. The molecular weight excluding hydrogens is 451 g/mol. The van der Waals surface area contributed by atoms with Crippen molar-refractivity contribution < 1.29 is 19.3 Å². The molecule has 0 bridgehead atoms. The van der Waals surface area contributed by atoms with Crippen LogP contribution in [0.3, 0.4) is 0 Å². The molecule has 2 aromatic heterocycles. The first kappa shape index (κ1) is 24.6. The molecule has 0 saturated carbocycles. The van der Waals surface area contributed by atoms with E-state index < -0.39 is 12.8 Å². The number of fused-ring (bicyclic) bond motifs is 1. The topological polar surface area (TPSA) is 65.8 Å². The Morgan fingerprint density at radius 3 is 2.79 bits per heavy atom. The van der Waals surface area contributed by atoms with Crippen molar-refractivity contribution in [3.63, 3.8) is 0 Å². The summed E-state index contributed by atoms with van der Waals surface area (Å²) in [6, 6.07) is 9.45. The molecule has 1 atom stereocenters.